The van der Waals surface area contributed by atoms with Gasteiger partial charge in [-0.05, 0) is 108 Å². The second-order valence-corrected chi connectivity index (χ2v) is 16.8. The standard InChI is InChI=1S/C59H34N4O/c1-2-14-36-29-40(26-25-35(36)13-1)57-60-58(50-31-39-17-5-6-18-42(39)43-19-7-8-20-44(43)50)62-59(61-57)51-34-55-56(47-22-10-12-24-54(47)64-55)49-33-41(27-28-45(49)51)63-52-23-11-9-21-46(52)48-30-37-15-3-4-16-38(37)32-53(48)63/h1-34H. The van der Waals surface area contributed by atoms with Gasteiger partial charge in [-0.2, -0.15) is 0 Å². The van der Waals surface area contributed by atoms with Crippen LogP contribution in [0.15, 0.2) is 211 Å². The Morgan fingerprint density at radius 1 is 0.312 bits per heavy atom. The molecule has 3 aromatic heterocycles. The van der Waals surface area contributed by atoms with E-state index in [2.05, 4.69) is 199 Å². The third kappa shape index (κ3) is 5.22. The van der Waals surface area contributed by atoms with Crippen molar-refractivity contribution in [1.82, 2.24) is 19.5 Å². The number of nitrogens with zero attached hydrogens (tertiary/aromatic N) is 4. The third-order valence-corrected chi connectivity index (χ3v) is 13.2. The molecule has 0 saturated carbocycles. The summed E-state index contributed by atoms with van der Waals surface area (Å²) in [7, 11) is 0. The molecule has 0 aliphatic rings. The van der Waals surface area contributed by atoms with Crippen LogP contribution in [0, 0.1) is 0 Å². The van der Waals surface area contributed by atoms with Crippen LogP contribution in [-0.4, -0.2) is 19.5 Å². The summed E-state index contributed by atoms with van der Waals surface area (Å²) < 4.78 is 9.15. The van der Waals surface area contributed by atoms with Gasteiger partial charge in [0.2, 0.25) is 0 Å². The zero-order valence-corrected chi connectivity index (χ0v) is 34.3. The van der Waals surface area contributed by atoms with Crippen LogP contribution in [0.1, 0.15) is 0 Å². The van der Waals surface area contributed by atoms with E-state index in [0.717, 1.165) is 93.1 Å². The molecule has 0 atom stereocenters. The van der Waals surface area contributed by atoms with Gasteiger partial charge in [0.05, 0.1) is 11.0 Å². The molecular formula is C59H34N4O. The van der Waals surface area contributed by atoms with Gasteiger partial charge in [-0.25, -0.2) is 15.0 Å². The summed E-state index contributed by atoms with van der Waals surface area (Å²) in [6, 6.07) is 73.4. The van der Waals surface area contributed by atoms with Crippen molar-refractivity contribution in [3.05, 3.63) is 206 Å². The Morgan fingerprint density at radius 3 is 1.72 bits per heavy atom. The first kappa shape index (κ1) is 35.0. The predicted octanol–water partition coefficient (Wildman–Crippen LogP) is 15.6. The van der Waals surface area contributed by atoms with Crippen LogP contribution in [0.2, 0.25) is 0 Å². The van der Waals surface area contributed by atoms with Gasteiger partial charge in [0.25, 0.3) is 0 Å². The highest BCUT2D eigenvalue weighted by Crippen LogP contribution is 2.43. The van der Waals surface area contributed by atoms with E-state index >= 15 is 0 Å². The highest BCUT2D eigenvalue weighted by atomic mass is 16.3. The Hall–Kier alpha value is -8.67. The SMILES string of the molecule is c1ccc2cc(-c3nc(-c4cc5ccccc5c5ccccc45)nc(-c4cc5oc6ccccc6c5c5cc(-n6c7ccccc7c7cc8ccccc8cc76)ccc45)n3)ccc2c1. The summed E-state index contributed by atoms with van der Waals surface area (Å²) >= 11 is 0. The number of aromatic nitrogens is 4. The van der Waals surface area contributed by atoms with Crippen LogP contribution in [0.4, 0.5) is 0 Å². The average molecular weight is 815 g/mol. The summed E-state index contributed by atoms with van der Waals surface area (Å²) in [5, 5.41) is 15.9. The van der Waals surface area contributed by atoms with Gasteiger partial charge in [0.1, 0.15) is 11.2 Å². The monoisotopic (exact) mass is 814 g/mol. The molecule has 0 aliphatic carbocycles. The van der Waals surface area contributed by atoms with E-state index in [4.69, 9.17) is 19.4 Å². The van der Waals surface area contributed by atoms with E-state index in [0.29, 0.717) is 17.5 Å². The lowest BCUT2D eigenvalue weighted by molar-refractivity contribution is 0.669. The Balaban J connectivity index is 1.07. The van der Waals surface area contributed by atoms with E-state index in [9.17, 15) is 0 Å². The van der Waals surface area contributed by atoms with E-state index in [1.54, 1.807) is 0 Å². The predicted molar refractivity (Wildman–Crippen MR) is 265 cm³/mol. The van der Waals surface area contributed by atoms with Crippen molar-refractivity contribution in [1.29, 1.82) is 0 Å². The van der Waals surface area contributed by atoms with Gasteiger partial charge in [0.15, 0.2) is 17.5 Å². The fraction of sp³-hybridized carbons (Fsp3) is 0. The summed E-state index contributed by atoms with van der Waals surface area (Å²) in [4.78, 5) is 16.1. The van der Waals surface area contributed by atoms with Gasteiger partial charge in [0, 0.05) is 43.9 Å². The van der Waals surface area contributed by atoms with Crippen molar-refractivity contribution in [3.8, 4) is 39.9 Å². The molecule has 296 valence electrons. The van der Waals surface area contributed by atoms with Crippen molar-refractivity contribution < 1.29 is 4.42 Å². The van der Waals surface area contributed by atoms with E-state index in [-0.39, 0.29) is 0 Å². The maximum Gasteiger partial charge on any atom is 0.164 e. The molecule has 14 rings (SSSR count). The Kier molecular flexibility index (Phi) is 7.33. The molecule has 5 nitrogen and oxygen atoms in total. The second kappa shape index (κ2) is 13.4. The van der Waals surface area contributed by atoms with Crippen molar-refractivity contribution >= 4 is 97.6 Å². The highest BCUT2D eigenvalue weighted by molar-refractivity contribution is 6.23. The number of para-hydroxylation sites is 2. The van der Waals surface area contributed by atoms with Crippen LogP contribution >= 0.6 is 0 Å². The molecule has 0 saturated heterocycles. The van der Waals surface area contributed by atoms with Gasteiger partial charge < -0.3 is 8.98 Å². The molecule has 0 bridgehead atoms. The Bertz CT molecular complexity index is 4270. The van der Waals surface area contributed by atoms with Gasteiger partial charge >= 0.3 is 0 Å². The third-order valence-electron chi connectivity index (χ3n) is 13.2. The minimum atomic E-state index is 0.578. The fourth-order valence-electron chi connectivity index (χ4n) is 10.2. The number of furan rings is 1. The number of hydrogen-bond donors (Lipinski definition) is 0. The first-order valence-corrected chi connectivity index (χ1v) is 21.7. The topological polar surface area (TPSA) is 56.7 Å². The molecule has 0 unspecified atom stereocenters. The van der Waals surface area contributed by atoms with Crippen molar-refractivity contribution in [2.75, 3.05) is 0 Å². The molecule has 0 N–H and O–H groups in total. The second-order valence-electron chi connectivity index (χ2n) is 16.8. The normalized spacial score (nSPS) is 12.1. The Morgan fingerprint density at radius 2 is 0.906 bits per heavy atom. The molecule has 0 radical (unpaired) electrons. The summed E-state index contributed by atoms with van der Waals surface area (Å²) in [5.41, 5.74) is 7.74. The molecule has 11 aromatic carbocycles. The van der Waals surface area contributed by atoms with E-state index < -0.39 is 0 Å². The zero-order valence-electron chi connectivity index (χ0n) is 34.3. The van der Waals surface area contributed by atoms with Crippen LogP contribution in [0.3, 0.4) is 0 Å². The van der Waals surface area contributed by atoms with Gasteiger partial charge in [-0.15, -0.1) is 0 Å². The van der Waals surface area contributed by atoms with Crippen LogP contribution in [-0.2, 0) is 0 Å². The summed E-state index contributed by atoms with van der Waals surface area (Å²) in [6.45, 7) is 0. The molecule has 3 heterocycles. The minimum absolute atomic E-state index is 0.578. The first-order valence-electron chi connectivity index (χ1n) is 21.7. The smallest absolute Gasteiger partial charge is 0.164 e. The molecule has 0 aliphatic heterocycles. The minimum Gasteiger partial charge on any atom is -0.456 e. The number of hydrogen-bond acceptors (Lipinski definition) is 4. The lowest BCUT2D eigenvalue weighted by Gasteiger charge is -2.15. The molecule has 14 aromatic rings. The maximum absolute atomic E-state index is 6.75. The quantitative estimate of drug-likeness (QED) is 0.166. The van der Waals surface area contributed by atoms with E-state index in [1.165, 1.54) is 26.9 Å². The van der Waals surface area contributed by atoms with E-state index in [1.807, 2.05) is 12.1 Å². The summed E-state index contributed by atoms with van der Waals surface area (Å²) in [6.07, 6.45) is 0. The lowest BCUT2D eigenvalue weighted by Crippen LogP contribution is -2.01. The molecular weight excluding hydrogens is 781 g/mol. The van der Waals surface area contributed by atoms with Crippen molar-refractivity contribution in [3.63, 3.8) is 0 Å². The number of benzene rings is 11. The largest absolute Gasteiger partial charge is 0.456 e. The highest BCUT2D eigenvalue weighted by Gasteiger charge is 2.22. The van der Waals surface area contributed by atoms with Crippen molar-refractivity contribution in [2.24, 2.45) is 0 Å². The Labute approximate surface area is 366 Å². The zero-order chi connectivity index (χ0) is 41.9. The first-order chi connectivity index (χ1) is 31.7. The molecule has 0 fully saturated rings. The van der Waals surface area contributed by atoms with Crippen LogP contribution in [0.25, 0.3) is 137 Å². The summed E-state index contributed by atoms with van der Waals surface area (Å²) in [5.74, 6) is 1.80. The van der Waals surface area contributed by atoms with Gasteiger partial charge in [-0.1, -0.05) is 152 Å². The molecule has 0 amide bonds. The average Bonchev–Trinajstić information content (AvgIpc) is 3.90. The van der Waals surface area contributed by atoms with Gasteiger partial charge in [-0.3, -0.25) is 0 Å². The fourth-order valence-corrected chi connectivity index (χ4v) is 10.2. The van der Waals surface area contributed by atoms with Crippen LogP contribution < -0.4 is 0 Å². The number of fused-ring (bicyclic) bond motifs is 13. The molecule has 0 spiro atoms. The van der Waals surface area contributed by atoms with Crippen LogP contribution in [0.5, 0.6) is 0 Å². The number of rotatable bonds is 4. The maximum atomic E-state index is 6.75. The lowest BCUT2D eigenvalue weighted by atomic mass is 9.96. The molecule has 64 heavy (non-hydrogen) atoms. The van der Waals surface area contributed by atoms with Crippen molar-refractivity contribution in [2.45, 2.75) is 0 Å². The molecule has 5 heteroatoms.